The van der Waals surface area contributed by atoms with E-state index < -0.39 is 0 Å². The third kappa shape index (κ3) is 3.26. The summed E-state index contributed by atoms with van der Waals surface area (Å²) >= 11 is 1.18. The van der Waals surface area contributed by atoms with Gasteiger partial charge in [0.05, 0.1) is 5.69 Å². The highest BCUT2D eigenvalue weighted by molar-refractivity contribution is 7.08. The van der Waals surface area contributed by atoms with Crippen LogP contribution >= 0.6 is 11.5 Å². The molecule has 1 fully saturated rings. The largest absolute Gasteiger partial charge is 0.351 e. The van der Waals surface area contributed by atoms with Crippen molar-refractivity contribution in [2.45, 2.75) is 32.6 Å². The van der Waals surface area contributed by atoms with Gasteiger partial charge in [0, 0.05) is 6.54 Å². The fraction of sp³-hybridized carbons (Fsp3) is 0.750. The summed E-state index contributed by atoms with van der Waals surface area (Å²) in [7, 11) is 0. The molecule has 100 valence electrons. The molecule has 2 N–H and O–H groups in total. The molecule has 6 heteroatoms. The summed E-state index contributed by atoms with van der Waals surface area (Å²) in [5, 5.41) is 10.3. The maximum absolute atomic E-state index is 12.0. The molecule has 1 unspecified atom stereocenters. The molecule has 0 radical (unpaired) electrons. The summed E-state index contributed by atoms with van der Waals surface area (Å²) in [6, 6.07) is 0. The maximum atomic E-state index is 12.0. The SMILES string of the molecule is CC(C)c1nnsc1C(=O)NCCC1CCNC1. The summed E-state index contributed by atoms with van der Waals surface area (Å²) in [5.74, 6) is 0.914. The first-order valence-corrected chi connectivity index (χ1v) is 7.27. The molecule has 1 aromatic heterocycles. The first kappa shape index (κ1) is 13.4. The van der Waals surface area contributed by atoms with Crippen molar-refractivity contribution in [1.82, 2.24) is 20.2 Å². The molecule has 1 aliphatic rings. The van der Waals surface area contributed by atoms with E-state index in [2.05, 4.69) is 20.2 Å². The number of amides is 1. The zero-order chi connectivity index (χ0) is 13.0. The van der Waals surface area contributed by atoms with Crippen molar-refractivity contribution in [1.29, 1.82) is 0 Å². The summed E-state index contributed by atoms with van der Waals surface area (Å²) in [6.07, 6.45) is 2.26. The molecule has 0 aromatic carbocycles. The number of carbonyl (C=O) groups is 1. The minimum absolute atomic E-state index is 0.0281. The summed E-state index contributed by atoms with van der Waals surface area (Å²) in [4.78, 5) is 12.7. The van der Waals surface area contributed by atoms with Gasteiger partial charge in [0.25, 0.3) is 5.91 Å². The highest BCUT2D eigenvalue weighted by Gasteiger charge is 2.19. The topological polar surface area (TPSA) is 66.9 Å². The Labute approximate surface area is 112 Å². The van der Waals surface area contributed by atoms with Crippen molar-refractivity contribution in [3.8, 4) is 0 Å². The third-order valence-electron chi connectivity index (χ3n) is 3.27. The van der Waals surface area contributed by atoms with Crippen LogP contribution in [0.5, 0.6) is 0 Å². The van der Waals surface area contributed by atoms with E-state index in [1.165, 1.54) is 18.0 Å². The number of hydrogen-bond acceptors (Lipinski definition) is 5. The van der Waals surface area contributed by atoms with Gasteiger partial charge in [-0.15, -0.1) is 5.10 Å². The van der Waals surface area contributed by atoms with E-state index in [1.54, 1.807) is 0 Å². The van der Waals surface area contributed by atoms with Gasteiger partial charge >= 0.3 is 0 Å². The standard InChI is InChI=1S/C12H20N4OS/c1-8(2)10-11(18-16-15-10)12(17)14-6-4-9-3-5-13-7-9/h8-9,13H,3-7H2,1-2H3,(H,14,17). The molecule has 1 atom stereocenters. The molecule has 0 aliphatic carbocycles. The molecule has 2 heterocycles. The molecular weight excluding hydrogens is 248 g/mol. The van der Waals surface area contributed by atoms with E-state index in [9.17, 15) is 4.79 Å². The smallest absolute Gasteiger partial charge is 0.264 e. The zero-order valence-corrected chi connectivity index (χ0v) is 11.7. The maximum Gasteiger partial charge on any atom is 0.264 e. The number of nitrogens with zero attached hydrogens (tertiary/aromatic N) is 2. The lowest BCUT2D eigenvalue weighted by Gasteiger charge is -2.09. The number of nitrogens with one attached hydrogen (secondary N) is 2. The summed E-state index contributed by atoms with van der Waals surface area (Å²) in [6.45, 7) is 6.97. The number of rotatable bonds is 5. The normalized spacial score (nSPS) is 19.4. The van der Waals surface area contributed by atoms with Crippen LogP contribution in [0.4, 0.5) is 0 Å². The van der Waals surface area contributed by atoms with Crippen LogP contribution in [0.2, 0.25) is 0 Å². The second-order valence-corrected chi connectivity index (χ2v) is 5.80. The van der Waals surface area contributed by atoms with Gasteiger partial charge in [-0.2, -0.15) is 0 Å². The molecule has 1 aromatic rings. The van der Waals surface area contributed by atoms with Crippen LogP contribution < -0.4 is 10.6 Å². The second kappa shape index (κ2) is 6.24. The minimum Gasteiger partial charge on any atom is -0.351 e. The zero-order valence-electron chi connectivity index (χ0n) is 10.9. The van der Waals surface area contributed by atoms with E-state index >= 15 is 0 Å². The molecule has 1 amide bonds. The first-order chi connectivity index (χ1) is 8.68. The summed E-state index contributed by atoms with van der Waals surface area (Å²) < 4.78 is 3.87. The molecule has 0 saturated carbocycles. The lowest BCUT2D eigenvalue weighted by molar-refractivity contribution is 0.0954. The van der Waals surface area contributed by atoms with Crippen molar-refractivity contribution >= 4 is 17.4 Å². The van der Waals surface area contributed by atoms with E-state index in [0.29, 0.717) is 10.8 Å². The van der Waals surface area contributed by atoms with Gasteiger partial charge in [-0.1, -0.05) is 18.3 Å². The van der Waals surface area contributed by atoms with E-state index in [1.807, 2.05) is 13.8 Å². The Morgan fingerprint density at radius 3 is 3.11 bits per heavy atom. The van der Waals surface area contributed by atoms with Crippen molar-refractivity contribution in [2.24, 2.45) is 5.92 Å². The molecule has 1 aliphatic heterocycles. The first-order valence-electron chi connectivity index (χ1n) is 6.49. The van der Waals surface area contributed by atoms with Crippen LogP contribution in [-0.4, -0.2) is 35.1 Å². The van der Waals surface area contributed by atoms with Crippen molar-refractivity contribution in [3.05, 3.63) is 10.6 Å². The van der Waals surface area contributed by atoms with Gasteiger partial charge < -0.3 is 10.6 Å². The average molecular weight is 268 g/mol. The van der Waals surface area contributed by atoms with E-state index in [-0.39, 0.29) is 11.8 Å². The van der Waals surface area contributed by atoms with Crippen LogP contribution in [0.3, 0.4) is 0 Å². The van der Waals surface area contributed by atoms with Crippen LogP contribution in [0, 0.1) is 5.92 Å². The van der Waals surface area contributed by atoms with Crippen molar-refractivity contribution < 1.29 is 4.79 Å². The van der Waals surface area contributed by atoms with Gasteiger partial charge in [-0.3, -0.25) is 4.79 Å². The van der Waals surface area contributed by atoms with Gasteiger partial charge in [0.15, 0.2) is 0 Å². The molecule has 5 nitrogen and oxygen atoms in total. The van der Waals surface area contributed by atoms with Crippen molar-refractivity contribution in [3.63, 3.8) is 0 Å². The highest BCUT2D eigenvalue weighted by Crippen LogP contribution is 2.19. The fourth-order valence-corrected chi connectivity index (χ4v) is 2.90. The Morgan fingerprint density at radius 1 is 1.61 bits per heavy atom. The average Bonchev–Trinajstić information content (AvgIpc) is 2.99. The minimum atomic E-state index is -0.0281. The highest BCUT2D eigenvalue weighted by atomic mass is 32.1. The second-order valence-electron chi connectivity index (χ2n) is 5.05. The van der Waals surface area contributed by atoms with Gasteiger partial charge in [-0.25, -0.2) is 0 Å². The summed E-state index contributed by atoms with van der Waals surface area (Å²) in [5.41, 5.74) is 0.806. The Balaban J connectivity index is 1.81. The predicted octanol–water partition coefficient (Wildman–Crippen LogP) is 1.39. The molecule has 0 bridgehead atoms. The van der Waals surface area contributed by atoms with E-state index in [4.69, 9.17) is 0 Å². The number of hydrogen-bond donors (Lipinski definition) is 2. The van der Waals surface area contributed by atoms with Crippen LogP contribution in [-0.2, 0) is 0 Å². The molecule has 18 heavy (non-hydrogen) atoms. The van der Waals surface area contributed by atoms with Crippen LogP contribution in [0.25, 0.3) is 0 Å². The van der Waals surface area contributed by atoms with Gasteiger partial charge in [0.2, 0.25) is 0 Å². The molecular formula is C12H20N4OS. The Morgan fingerprint density at radius 2 is 2.44 bits per heavy atom. The third-order valence-corrected chi connectivity index (χ3v) is 4.01. The molecule has 0 spiro atoms. The lowest BCUT2D eigenvalue weighted by atomic mass is 10.1. The monoisotopic (exact) mass is 268 g/mol. The Kier molecular flexibility index (Phi) is 4.66. The van der Waals surface area contributed by atoms with Crippen LogP contribution in [0.15, 0.2) is 0 Å². The van der Waals surface area contributed by atoms with E-state index in [0.717, 1.165) is 31.7 Å². The predicted molar refractivity (Wildman–Crippen MR) is 71.9 cm³/mol. The number of aromatic nitrogens is 2. The quantitative estimate of drug-likeness (QED) is 0.847. The van der Waals surface area contributed by atoms with Gasteiger partial charge in [0.1, 0.15) is 4.88 Å². The Bertz CT molecular complexity index is 399. The van der Waals surface area contributed by atoms with Gasteiger partial charge in [-0.05, 0) is 49.3 Å². The Hall–Kier alpha value is -1.01. The fourth-order valence-electron chi connectivity index (χ4n) is 2.16. The van der Waals surface area contributed by atoms with Crippen LogP contribution in [0.1, 0.15) is 48.0 Å². The lowest BCUT2D eigenvalue weighted by Crippen LogP contribution is -2.26. The van der Waals surface area contributed by atoms with Crippen molar-refractivity contribution in [2.75, 3.05) is 19.6 Å². The number of carbonyl (C=O) groups excluding carboxylic acids is 1. The molecule has 1 saturated heterocycles. The molecule has 2 rings (SSSR count).